The summed E-state index contributed by atoms with van der Waals surface area (Å²) in [6.45, 7) is 4.21. The van der Waals surface area contributed by atoms with Gasteiger partial charge in [0.1, 0.15) is 0 Å². The van der Waals surface area contributed by atoms with Crippen LogP contribution in [0.5, 0.6) is 0 Å². The maximum atomic E-state index is 12.5. The molecule has 1 aromatic carbocycles. The molecule has 1 saturated heterocycles. The molecule has 0 aliphatic carbocycles. The minimum Gasteiger partial charge on any atom is -0.339 e. The van der Waals surface area contributed by atoms with Crippen molar-refractivity contribution < 1.29 is 9.72 Å². The zero-order valence-corrected chi connectivity index (χ0v) is 12.5. The van der Waals surface area contributed by atoms with Crippen LogP contribution in [0.2, 0.25) is 0 Å². The average molecular weight is 291 g/mol. The van der Waals surface area contributed by atoms with Crippen molar-refractivity contribution in [1.29, 1.82) is 0 Å². The largest absolute Gasteiger partial charge is 0.339 e. The summed E-state index contributed by atoms with van der Waals surface area (Å²) in [5, 5.41) is 14.0. The van der Waals surface area contributed by atoms with Crippen LogP contribution in [0.3, 0.4) is 0 Å². The Hall–Kier alpha value is -1.95. The van der Waals surface area contributed by atoms with Crippen molar-refractivity contribution in [3.05, 3.63) is 39.4 Å². The van der Waals surface area contributed by atoms with E-state index in [2.05, 4.69) is 5.32 Å². The predicted molar refractivity (Wildman–Crippen MR) is 80.4 cm³/mol. The van der Waals surface area contributed by atoms with Gasteiger partial charge in [0.15, 0.2) is 0 Å². The fourth-order valence-corrected chi connectivity index (χ4v) is 2.75. The van der Waals surface area contributed by atoms with Crippen LogP contribution in [0.25, 0.3) is 0 Å². The molecule has 0 bridgehead atoms. The summed E-state index contributed by atoms with van der Waals surface area (Å²) in [6.07, 6.45) is 1.95. The molecule has 6 heteroatoms. The fourth-order valence-electron chi connectivity index (χ4n) is 2.75. The molecule has 1 aliphatic heterocycles. The fraction of sp³-hybridized carbons (Fsp3) is 0.533. The number of nitro groups is 1. The van der Waals surface area contributed by atoms with E-state index >= 15 is 0 Å². The van der Waals surface area contributed by atoms with Gasteiger partial charge in [0.05, 0.1) is 4.92 Å². The number of nitrogens with one attached hydrogen (secondary N) is 1. The first-order valence-electron chi connectivity index (χ1n) is 7.22. The Morgan fingerprint density at radius 2 is 2.10 bits per heavy atom. The first kappa shape index (κ1) is 15.4. The van der Waals surface area contributed by atoms with Gasteiger partial charge >= 0.3 is 0 Å². The Balaban J connectivity index is 2.10. The third-order valence-corrected chi connectivity index (χ3v) is 4.06. The van der Waals surface area contributed by atoms with Crippen LogP contribution in [0, 0.1) is 23.0 Å². The first-order valence-corrected chi connectivity index (χ1v) is 7.22. The van der Waals surface area contributed by atoms with Crippen LogP contribution in [-0.4, -0.2) is 42.4 Å². The molecule has 1 fully saturated rings. The van der Waals surface area contributed by atoms with E-state index in [-0.39, 0.29) is 11.6 Å². The van der Waals surface area contributed by atoms with Crippen LogP contribution in [0.1, 0.15) is 28.8 Å². The third-order valence-electron chi connectivity index (χ3n) is 4.06. The highest BCUT2D eigenvalue weighted by Crippen LogP contribution is 2.22. The molecule has 0 saturated carbocycles. The van der Waals surface area contributed by atoms with Crippen LogP contribution in [0.4, 0.5) is 5.69 Å². The summed E-state index contributed by atoms with van der Waals surface area (Å²) in [4.78, 5) is 24.7. The molecule has 114 valence electrons. The molecule has 0 spiro atoms. The van der Waals surface area contributed by atoms with Crippen molar-refractivity contribution in [3.8, 4) is 0 Å². The van der Waals surface area contributed by atoms with E-state index in [1.807, 2.05) is 14.0 Å². The normalized spacial score (nSPS) is 16.0. The van der Waals surface area contributed by atoms with Gasteiger partial charge in [0.25, 0.3) is 11.6 Å². The van der Waals surface area contributed by atoms with Crippen molar-refractivity contribution in [2.24, 2.45) is 5.92 Å². The Morgan fingerprint density at radius 3 is 2.67 bits per heavy atom. The number of non-ortho nitro benzene ring substituents is 1. The number of hydrogen-bond acceptors (Lipinski definition) is 4. The molecule has 1 aromatic rings. The van der Waals surface area contributed by atoms with Crippen LogP contribution in [0.15, 0.2) is 18.2 Å². The molecule has 1 amide bonds. The number of nitrogens with zero attached hydrogens (tertiary/aromatic N) is 2. The highest BCUT2D eigenvalue weighted by molar-refractivity contribution is 5.96. The summed E-state index contributed by atoms with van der Waals surface area (Å²) in [5.74, 6) is 0.504. The van der Waals surface area contributed by atoms with E-state index in [0.717, 1.165) is 24.9 Å². The summed E-state index contributed by atoms with van der Waals surface area (Å²) < 4.78 is 0. The molecular formula is C15H21N3O3. The summed E-state index contributed by atoms with van der Waals surface area (Å²) in [5.41, 5.74) is 1.19. The Bertz CT molecular complexity index is 537. The Kier molecular flexibility index (Phi) is 4.90. The van der Waals surface area contributed by atoms with E-state index in [0.29, 0.717) is 24.6 Å². The molecule has 2 rings (SSSR count). The second kappa shape index (κ2) is 6.67. The van der Waals surface area contributed by atoms with Crippen molar-refractivity contribution in [2.45, 2.75) is 19.8 Å². The summed E-state index contributed by atoms with van der Waals surface area (Å²) in [6, 6.07) is 4.46. The van der Waals surface area contributed by atoms with Gasteiger partial charge in [0.2, 0.25) is 0 Å². The zero-order chi connectivity index (χ0) is 15.4. The van der Waals surface area contributed by atoms with E-state index in [9.17, 15) is 14.9 Å². The van der Waals surface area contributed by atoms with Crippen molar-refractivity contribution in [2.75, 3.05) is 26.7 Å². The highest BCUT2D eigenvalue weighted by Gasteiger charge is 2.25. The van der Waals surface area contributed by atoms with Gasteiger partial charge in [-0.2, -0.15) is 0 Å². The minimum absolute atomic E-state index is 0.0333. The summed E-state index contributed by atoms with van der Waals surface area (Å²) >= 11 is 0. The number of benzene rings is 1. The second-order valence-electron chi connectivity index (χ2n) is 5.55. The van der Waals surface area contributed by atoms with Crippen LogP contribution >= 0.6 is 0 Å². The Labute approximate surface area is 124 Å². The highest BCUT2D eigenvalue weighted by atomic mass is 16.6. The van der Waals surface area contributed by atoms with Crippen LogP contribution in [-0.2, 0) is 0 Å². The van der Waals surface area contributed by atoms with E-state index in [1.54, 1.807) is 11.0 Å². The minimum atomic E-state index is -0.463. The molecule has 1 N–H and O–H groups in total. The van der Waals surface area contributed by atoms with Gasteiger partial charge < -0.3 is 10.2 Å². The molecule has 0 unspecified atom stereocenters. The van der Waals surface area contributed by atoms with Crippen molar-refractivity contribution >= 4 is 11.6 Å². The molecule has 0 aromatic heterocycles. The van der Waals surface area contributed by atoms with Gasteiger partial charge in [-0.05, 0) is 44.8 Å². The van der Waals surface area contributed by atoms with Gasteiger partial charge in [-0.1, -0.05) is 6.07 Å². The maximum absolute atomic E-state index is 12.5. The Morgan fingerprint density at radius 1 is 1.43 bits per heavy atom. The SMILES string of the molecule is CNCC1CCN(C(=O)c2cc([N+](=O)[O-])ccc2C)CC1. The van der Waals surface area contributed by atoms with Crippen molar-refractivity contribution in [3.63, 3.8) is 0 Å². The smallest absolute Gasteiger partial charge is 0.270 e. The number of rotatable bonds is 4. The molecular weight excluding hydrogens is 270 g/mol. The number of carbonyl (C=O) groups excluding carboxylic acids is 1. The zero-order valence-electron chi connectivity index (χ0n) is 12.5. The predicted octanol–water partition coefficient (Wildman–Crippen LogP) is 1.97. The first-order chi connectivity index (χ1) is 10.0. The molecule has 21 heavy (non-hydrogen) atoms. The summed E-state index contributed by atoms with van der Waals surface area (Å²) in [7, 11) is 1.93. The monoisotopic (exact) mass is 291 g/mol. The second-order valence-corrected chi connectivity index (χ2v) is 5.55. The van der Waals surface area contributed by atoms with Gasteiger partial charge in [-0.15, -0.1) is 0 Å². The van der Waals surface area contributed by atoms with E-state index < -0.39 is 4.92 Å². The number of hydrogen-bond donors (Lipinski definition) is 1. The van der Waals surface area contributed by atoms with E-state index in [4.69, 9.17) is 0 Å². The lowest BCUT2D eigenvalue weighted by Gasteiger charge is -2.32. The van der Waals surface area contributed by atoms with Gasteiger partial charge in [0, 0.05) is 30.8 Å². The number of carbonyl (C=O) groups is 1. The topological polar surface area (TPSA) is 75.5 Å². The third kappa shape index (κ3) is 3.58. The molecule has 1 aliphatic rings. The quantitative estimate of drug-likeness (QED) is 0.680. The van der Waals surface area contributed by atoms with Gasteiger partial charge in [-0.3, -0.25) is 14.9 Å². The molecule has 1 heterocycles. The lowest BCUT2D eigenvalue weighted by molar-refractivity contribution is -0.384. The lowest BCUT2D eigenvalue weighted by atomic mass is 9.96. The number of nitro benzene ring substituents is 1. The standard InChI is InChI=1S/C15H21N3O3/c1-11-3-4-13(18(20)21)9-14(11)15(19)17-7-5-12(6-8-17)10-16-2/h3-4,9,12,16H,5-8,10H2,1-2H3. The average Bonchev–Trinajstić information content (AvgIpc) is 2.48. The lowest BCUT2D eigenvalue weighted by Crippen LogP contribution is -2.40. The number of amides is 1. The maximum Gasteiger partial charge on any atom is 0.270 e. The molecule has 0 atom stereocenters. The number of likely N-dealkylation sites (tertiary alicyclic amines) is 1. The van der Waals surface area contributed by atoms with Gasteiger partial charge in [-0.25, -0.2) is 0 Å². The van der Waals surface area contributed by atoms with Crippen LogP contribution < -0.4 is 5.32 Å². The van der Waals surface area contributed by atoms with Crippen molar-refractivity contribution in [1.82, 2.24) is 10.2 Å². The molecule has 6 nitrogen and oxygen atoms in total. The number of aryl methyl sites for hydroxylation is 1. The number of piperidine rings is 1. The molecule has 0 radical (unpaired) electrons. The van der Waals surface area contributed by atoms with E-state index in [1.165, 1.54) is 12.1 Å².